The Morgan fingerprint density at radius 3 is 2.60 bits per heavy atom. The highest BCUT2D eigenvalue weighted by molar-refractivity contribution is 5.69. The van der Waals surface area contributed by atoms with Gasteiger partial charge in [0.25, 0.3) is 0 Å². The lowest BCUT2D eigenvalue weighted by molar-refractivity contribution is -0.145. The van der Waals surface area contributed by atoms with Gasteiger partial charge >= 0.3 is 5.97 Å². The highest BCUT2D eigenvalue weighted by Crippen LogP contribution is 1.95. The molecule has 0 aromatic carbocycles. The van der Waals surface area contributed by atoms with Gasteiger partial charge in [0, 0.05) is 6.42 Å². The van der Waals surface area contributed by atoms with Gasteiger partial charge in [-0.05, 0) is 6.92 Å². The van der Waals surface area contributed by atoms with Crippen molar-refractivity contribution in [3.63, 3.8) is 0 Å². The molecule has 0 spiro atoms. The van der Waals surface area contributed by atoms with Crippen molar-refractivity contribution in [1.29, 1.82) is 0 Å². The maximum atomic E-state index is 10.5. The number of carbonyl (C=O) groups is 1. The molecular weight excluding hydrogens is 136 g/mol. The van der Waals surface area contributed by atoms with Crippen LogP contribution in [0.2, 0.25) is 0 Å². The Balaban J connectivity index is 3.22. The van der Waals surface area contributed by atoms with Gasteiger partial charge in [-0.15, -0.1) is 0 Å². The number of rotatable bonds is 4. The van der Waals surface area contributed by atoms with Crippen LogP contribution in [0.15, 0.2) is 0 Å². The predicted octanol–water partition coefficient (Wildman–Crippen LogP) is -0.360. The topological polar surface area (TPSA) is 66.8 Å². The van der Waals surface area contributed by atoms with Gasteiger partial charge in [0.05, 0.1) is 13.0 Å². The Morgan fingerprint density at radius 1 is 1.60 bits per heavy atom. The summed E-state index contributed by atoms with van der Waals surface area (Å²) in [7, 11) is 0. The van der Waals surface area contributed by atoms with Gasteiger partial charge in [-0.25, -0.2) is 0 Å². The minimum atomic E-state index is -1.41. The third-order valence-corrected chi connectivity index (χ3v) is 0.912. The van der Waals surface area contributed by atoms with E-state index in [1.165, 1.54) is 0 Å². The predicted molar refractivity (Wildman–Crippen MR) is 34.1 cm³/mol. The Hall–Kier alpha value is -0.610. The van der Waals surface area contributed by atoms with Crippen LogP contribution in [0.25, 0.3) is 0 Å². The molecule has 0 heterocycles. The lowest BCUT2D eigenvalue weighted by Gasteiger charge is -2.02. The van der Waals surface area contributed by atoms with Crippen molar-refractivity contribution < 1.29 is 19.7 Å². The SMILES string of the molecule is CCOC(=O)CCC(O)O. The first-order valence-electron chi connectivity index (χ1n) is 3.18. The van der Waals surface area contributed by atoms with Crippen molar-refractivity contribution in [1.82, 2.24) is 0 Å². The maximum Gasteiger partial charge on any atom is 0.305 e. The van der Waals surface area contributed by atoms with E-state index >= 15 is 0 Å². The number of hydrogen-bond donors (Lipinski definition) is 2. The lowest BCUT2D eigenvalue weighted by Crippen LogP contribution is -2.10. The maximum absolute atomic E-state index is 10.5. The second kappa shape index (κ2) is 5.20. The molecule has 10 heavy (non-hydrogen) atoms. The normalized spacial score (nSPS) is 10.0. The molecule has 0 rings (SSSR count). The molecule has 0 unspecified atom stereocenters. The average Bonchev–Trinajstić information content (AvgIpc) is 1.85. The molecule has 0 atom stereocenters. The molecule has 0 amide bonds. The molecule has 2 N–H and O–H groups in total. The second-order valence-electron chi connectivity index (χ2n) is 1.82. The Labute approximate surface area is 59.4 Å². The molecule has 0 fully saturated rings. The number of hydrogen-bond acceptors (Lipinski definition) is 4. The summed E-state index contributed by atoms with van der Waals surface area (Å²) in [5.74, 6) is -0.393. The summed E-state index contributed by atoms with van der Waals surface area (Å²) in [6, 6.07) is 0. The van der Waals surface area contributed by atoms with E-state index in [4.69, 9.17) is 10.2 Å². The molecule has 4 heteroatoms. The summed E-state index contributed by atoms with van der Waals surface area (Å²) >= 11 is 0. The molecule has 4 nitrogen and oxygen atoms in total. The molecule has 0 aliphatic rings. The third kappa shape index (κ3) is 5.53. The quantitative estimate of drug-likeness (QED) is 0.422. The number of aliphatic hydroxyl groups is 2. The van der Waals surface area contributed by atoms with E-state index in [0.29, 0.717) is 6.61 Å². The molecule has 0 aromatic rings. The van der Waals surface area contributed by atoms with Gasteiger partial charge in [0.1, 0.15) is 0 Å². The van der Waals surface area contributed by atoms with Crippen LogP contribution in [0.1, 0.15) is 19.8 Å². The van der Waals surface area contributed by atoms with Crippen molar-refractivity contribution in [3.05, 3.63) is 0 Å². The van der Waals surface area contributed by atoms with Crippen molar-refractivity contribution in [2.75, 3.05) is 6.61 Å². The standard InChI is InChI=1S/C6H12O4/c1-2-10-6(9)4-3-5(7)8/h5,7-8H,2-4H2,1H3. The second-order valence-corrected chi connectivity index (χ2v) is 1.82. The molecular formula is C6H12O4. The number of ether oxygens (including phenoxy) is 1. The Kier molecular flexibility index (Phi) is 4.88. The van der Waals surface area contributed by atoms with Gasteiger partial charge in [0.15, 0.2) is 6.29 Å². The van der Waals surface area contributed by atoms with Crippen LogP contribution >= 0.6 is 0 Å². The molecule has 0 bridgehead atoms. The highest BCUT2D eigenvalue weighted by Gasteiger charge is 2.04. The van der Waals surface area contributed by atoms with Crippen molar-refractivity contribution in [3.8, 4) is 0 Å². The largest absolute Gasteiger partial charge is 0.466 e. The van der Waals surface area contributed by atoms with Crippen LogP contribution < -0.4 is 0 Å². The van der Waals surface area contributed by atoms with E-state index in [0.717, 1.165) is 0 Å². The van der Waals surface area contributed by atoms with Gasteiger partial charge in [-0.2, -0.15) is 0 Å². The van der Waals surface area contributed by atoms with E-state index in [2.05, 4.69) is 4.74 Å². The fourth-order valence-corrected chi connectivity index (χ4v) is 0.480. The minimum Gasteiger partial charge on any atom is -0.466 e. The summed E-state index contributed by atoms with van der Waals surface area (Å²) < 4.78 is 4.53. The van der Waals surface area contributed by atoms with E-state index < -0.39 is 12.3 Å². The first kappa shape index (κ1) is 9.39. The van der Waals surface area contributed by atoms with Gasteiger partial charge in [-0.3, -0.25) is 4.79 Å². The zero-order valence-corrected chi connectivity index (χ0v) is 5.91. The Bertz CT molecular complexity index is 99.9. The molecule has 0 aliphatic carbocycles. The fourth-order valence-electron chi connectivity index (χ4n) is 0.480. The van der Waals surface area contributed by atoms with Crippen LogP contribution in [-0.4, -0.2) is 29.1 Å². The highest BCUT2D eigenvalue weighted by atomic mass is 16.5. The molecule has 0 aliphatic heterocycles. The molecule has 60 valence electrons. The number of carbonyl (C=O) groups excluding carboxylic acids is 1. The van der Waals surface area contributed by atoms with Crippen LogP contribution in [0.4, 0.5) is 0 Å². The lowest BCUT2D eigenvalue weighted by atomic mass is 10.3. The van der Waals surface area contributed by atoms with Crippen LogP contribution in [0, 0.1) is 0 Å². The van der Waals surface area contributed by atoms with E-state index in [1.54, 1.807) is 6.92 Å². The minimum absolute atomic E-state index is 0.0405. The van der Waals surface area contributed by atoms with Gasteiger partial charge < -0.3 is 14.9 Å². The van der Waals surface area contributed by atoms with E-state index in [-0.39, 0.29) is 12.8 Å². The summed E-state index contributed by atoms with van der Waals surface area (Å²) in [4.78, 5) is 10.5. The monoisotopic (exact) mass is 148 g/mol. The van der Waals surface area contributed by atoms with Crippen molar-refractivity contribution in [2.45, 2.75) is 26.1 Å². The smallest absolute Gasteiger partial charge is 0.305 e. The van der Waals surface area contributed by atoms with Crippen LogP contribution in [0.5, 0.6) is 0 Å². The summed E-state index contributed by atoms with van der Waals surface area (Å²) in [6.07, 6.45) is -1.31. The molecule has 0 aromatic heterocycles. The third-order valence-electron chi connectivity index (χ3n) is 0.912. The van der Waals surface area contributed by atoms with Crippen LogP contribution in [0.3, 0.4) is 0 Å². The first-order valence-corrected chi connectivity index (χ1v) is 3.18. The van der Waals surface area contributed by atoms with Gasteiger partial charge in [0.2, 0.25) is 0 Å². The molecule has 0 saturated carbocycles. The van der Waals surface area contributed by atoms with Gasteiger partial charge in [-0.1, -0.05) is 0 Å². The fraction of sp³-hybridized carbons (Fsp3) is 0.833. The van der Waals surface area contributed by atoms with E-state index in [9.17, 15) is 4.79 Å². The molecule has 0 radical (unpaired) electrons. The molecule has 0 saturated heterocycles. The zero-order chi connectivity index (χ0) is 7.98. The zero-order valence-electron chi connectivity index (χ0n) is 5.91. The number of aliphatic hydroxyl groups excluding tert-OH is 1. The average molecular weight is 148 g/mol. The first-order chi connectivity index (χ1) is 4.66. The summed E-state index contributed by atoms with van der Waals surface area (Å²) in [6.45, 7) is 2.04. The van der Waals surface area contributed by atoms with Crippen LogP contribution in [-0.2, 0) is 9.53 Å². The van der Waals surface area contributed by atoms with Crippen molar-refractivity contribution >= 4 is 5.97 Å². The van der Waals surface area contributed by atoms with Crippen molar-refractivity contribution in [2.24, 2.45) is 0 Å². The van der Waals surface area contributed by atoms with E-state index in [1.807, 2.05) is 0 Å². The Morgan fingerprint density at radius 2 is 2.20 bits per heavy atom. The summed E-state index contributed by atoms with van der Waals surface area (Å²) in [5, 5.41) is 16.6. The number of esters is 1. The summed E-state index contributed by atoms with van der Waals surface area (Å²) in [5.41, 5.74) is 0.